The smallest absolute Gasteiger partial charge is 0.0674 e. The zero-order valence-electron chi connectivity index (χ0n) is 11.0. The molecule has 1 unspecified atom stereocenters. The van der Waals surface area contributed by atoms with Crippen LogP contribution in [0.3, 0.4) is 0 Å². The number of rotatable bonds is 4. The molecule has 2 aliphatic rings. The first kappa shape index (κ1) is 13.3. The van der Waals surface area contributed by atoms with E-state index in [1.54, 1.807) is 0 Å². The maximum absolute atomic E-state index is 8.83. The van der Waals surface area contributed by atoms with E-state index in [2.05, 4.69) is 16.7 Å². The van der Waals surface area contributed by atoms with Crippen LogP contribution in [-0.4, -0.2) is 73.0 Å². The zero-order valence-corrected chi connectivity index (χ0v) is 11.0. The molecule has 0 aromatic rings. The van der Waals surface area contributed by atoms with Crippen LogP contribution in [0.15, 0.2) is 0 Å². The average molecular weight is 242 g/mol. The summed E-state index contributed by atoms with van der Waals surface area (Å²) in [7, 11) is 0. The van der Waals surface area contributed by atoms with Gasteiger partial charge in [-0.05, 0) is 39.3 Å². The van der Waals surface area contributed by atoms with E-state index in [-0.39, 0.29) is 0 Å². The fraction of sp³-hybridized carbons (Fsp3) is 1.00. The van der Waals surface area contributed by atoms with E-state index < -0.39 is 0 Å². The minimum Gasteiger partial charge on any atom is -0.396 e. The molecule has 0 bridgehead atoms. The molecular weight excluding hydrogens is 216 g/mol. The highest BCUT2D eigenvalue weighted by Gasteiger charge is 2.27. The van der Waals surface area contributed by atoms with Gasteiger partial charge in [-0.3, -0.25) is 4.90 Å². The third-order valence-corrected chi connectivity index (χ3v) is 3.98. The number of aliphatic hydroxyl groups is 1. The molecule has 2 saturated heterocycles. The Morgan fingerprint density at radius 2 is 2.00 bits per heavy atom. The summed E-state index contributed by atoms with van der Waals surface area (Å²) in [5.41, 5.74) is 0. The zero-order chi connectivity index (χ0) is 12.1. The largest absolute Gasteiger partial charge is 0.396 e. The van der Waals surface area contributed by atoms with E-state index in [0.29, 0.717) is 12.7 Å². The molecule has 0 aromatic carbocycles. The van der Waals surface area contributed by atoms with E-state index in [0.717, 1.165) is 38.7 Å². The predicted molar refractivity (Wildman–Crippen MR) is 68.2 cm³/mol. The summed E-state index contributed by atoms with van der Waals surface area (Å²) in [6, 6.07) is 0.756. The van der Waals surface area contributed by atoms with Crippen molar-refractivity contribution in [3.63, 3.8) is 0 Å². The summed E-state index contributed by atoms with van der Waals surface area (Å²) in [6.07, 6.45) is 3.87. The molecule has 1 N–H and O–H groups in total. The van der Waals surface area contributed by atoms with Gasteiger partial charge in [0.15, 0.2) is 0 Å². The molecule has 2 heterocycles. The number of ether oxygens (including phenoxy) is 1. The highest BCUT2D eigenvalue weighted by molar-refractivity contribution is 4.82. The number of aliphatic hydroxyl groups excluding tert-OH is 1. The van der Waals surface area contributed by atoms with E-state index in [1.165, 1.54) is 25.9 Å². The van der Waals surface area contributed by atoms with Crippen LogP contribution in [0.25, 0.3) is 0 Å². The fourth-order valence-corrected chi connectivity index (χ4v) is 2.98. The fourth-order valence-electron chi connectivity index (χ4n) is 2.98. The highest BCUT2D eigenvalue weighted by Crippen LogP contribution is 2.19. The monoisotopic (exact) mass is 242 g/mol. The van der Waals surface area contributed by atoms with Crippen molar-refractivity contribution in [2.45, 2.75) is 38.3 Å². The topological polar surface area (TPSA) is 35.9 Å². The molecule has 1 atom stereocenters. The number of hydrogen-bond acceptors (Lipinski definition) is 4. The second kappa shape index (κ2) is 6.69. The van der Waals surface area contributed by atoms with E-state index >= 15 is 0 Å². The molecule has 2 aliphatic heterocycles. The Morgan fingerprint density at radius 1 is 1.24 bits per heavy atom. The van der Waals surface area contributed by atoms with Crippen molar-refractivity contribution in [3.8, 4) is 0 Å². The third kappa shape index (κ3) is 3.91. The molecule has 0 spiro atoms. The van der Waals surface area contributed by atoms with Gasteiger partial charge >= 0.3 is 0 Å². The van der Waals surface area contributed by atoms with Gasteiger partial charge in [-0.25, -0.2) is 0 Å². The molecular formula is C13H26N2O2. The van der Waals surface area contributed by atoms with Crippen LogP contribution in [0.2, 0.25) is 0 Å². The molecule has 2 rings (SSSR count). The van der Waals surface area contributed by atoms with Gasteiger partial charge in [0, 0.05) is 32.3 Å². The minimum absolute atomic E-state index is 0.320. The van der Waals surface area contributed by atoms with Crippen LogP contribution in [0, 0.1) is 0 Å². The average Bonchev–Trinajstić information content (AvgIpc) is 2.37. The van der Waals surface area contributed by atoms with Crippen LogP contribution in [0.1, 0.15) is 26.2 Å². The Bertz CT molecular complexity index is 217. The quantitative estimate of drug-likeness (QED) is 0.781. The second-order valence-corrected chi connectivity index (χ2v) is 5.33. The first-order chi connectivity index (χ1) is 8.29. The molecule has 2 fully saturated rings. The SMILES string of the molecule is CC1CN(C2CCN(CCCO)CC2)CCO1. The summed E-state index contributed by atoms with van der Waals surface area (Å²) >= 11 is 0. The van der Waals surface area contributed by atoms with Crippen molar-refractivity contribution in [2.24, 2.45) is 0 Å². The van der Waals surface area contributed by atoms with E-state index in [9.17, 15) is 0 Å². The number of morpholine rings is 1. The first-order valence-corrected chi connectivity index (χ1v) is 6.98. The molecule has 0 saturated carbocycles. The molecule has 0 radical (unpaired) electrons. The maximum Gasteiger partial charge on any atom is 0.0674 e. The molecule has 0 aromatic heterocycles. The number of hydrogen-bond donors (Lipinski definition) is 1. The van der Waals surface area contributed by atoms with Gasteiger partial charge < -0.3 is 14.7 Å². The van der Waals surface area contributed by atoms with Gasteiger partial charge in [0.1, 0.15) is 0 Å². The Balaban J connectivity index is 1.71. The summed E-state index contributed by atoms with van der Waals surface area (Å²) in [4.78, 5) is 5.09. The van der Waals surface area contributed by atoms with Crippen LogP contribution < -0.4 is 0 Å². The normalized spacial score (nSPS) is 29.6. The van der Waals surface area contributed by atoms with Crippen molar-refractivity contribution in [1.82, 2.24) is 9.80 Å². The standard InChI is InChI=1S/C13H26N2O2/c1-12-11-15(8-10-17-12)13-3-6-14(7-4-13)5-2-9-16/h12-13,16H,2-11H2,1H3. The maximum atomic E-state index is 8.83. The van der Waals surface area contributed by atoms with E-state index in [1.807, 2.05) is 0 Å². The summed E-state index contributed by atoms with van der Waals surface area (Å²) < 4.78 is 5.59. The van der Waals surface area contributed by atoms with Crippen molar-refractivity contribution in [1.29, 1.82) is 0 Å². The Labute approximate surface area is 105 Å². The molecule has 0 amide bonds. The number of nitrogens with zero attached hydrogens (tertiary/aromatic N) is 2. The third-order valence-electron chi connectivity index (χ3n) is 3.98. The number of piperidine rings is 1. The Morgan fingerprint density at radius 3 is 2.65 bits per heavy atom. The van der Waals surface area contributed by atoms with Gasteiger partial charge in [0.05, 0.1) is 12.7 Å². The molecule has 100 valence electrons. The lowest BCUT2D eigenvalue weighted by Gasteiger charge is -2.41. The van der Waals surface area contributed by atoms with Gasteiger partial charge in [-0.2, -0.15) is 0 Å². The lowest BCUT2D eigenvalue weighted by molar-refractivity contribution is -0.0435. The van der Waals surface area contributed by atoms with Gasteiger partial charge in [0.2, 0.25) is 0 Å². The summed E-state index contributed by atoms with van der Waals surface area (Å²) in [6.45, 7) is 9.03. The van der Waals surface area contributed by atoms with Crippen molar-refractivity contribution >= 4 is 0 Å². The lowest BCUT2D eigenvalue weighted by atomic mass is 10.0. The molecule has 4 nitrogen and oxygen atoms in total. The van der Waals surface area contributed by atoms with Crippen LogP contribution in [-0.2, 0) is 4.74 Å². The van der Waals surface area contributed by atoms with Crippen molar-refractivity contribution in [2.75, 3.05) is 45.9 Å². The van der Waals surface area contributed by atoms with Gasteiger partial charge in [-0.15, -0.1) is 0 Å². The first-order valence-electron chi connectivity index (χ1n) is 6.98. The minimum atomic E-state index is 0.320. The summed E-state index contributed by atoms with van der Waals surface area (Å²) in [5.74, 6) is 0. The van der Waals surface area contributed by atoms with Gasteiger partial charge in [0.25, 0.3) is 0 Å². The lowest BCUT2D eigenvalue weighted by Crippen LogP contribution is -2.51. The summed E-state index contributed by atoms with van der Waals surface area (Å²) in [5, 5.41) is 8.83. The molecule has 4 heteroatoms. The number of likely N-dealkylation sites (tertiary alicyclic amines) is 1. The van der Waals surface area contributed by atoms with Crippen molar-refractivity contribution in [3.05, 3.63) is 0 Å². The van der Waals surface area contributed by atoms with Gasteiger partial charge in [-0.1, -0.05) is 0 Å². The van der Waals surface area contributed by atoms with Crippen LogP contribution in [0.5, 0.6) is 0 Å². The van der Waals surface area contributed by atoms with Crippen LogP contribution in [0.4, 0.5) is 0 Å². The molecule has 17 heavy (non-hydrogen) atoms. The molecule has 0 aliphatic carbocycles. The Hall–Kier alpha value is -0.160. The highest BCUT2D eigenvalue weighted by atomic mass is 16.5. The predicted octanol–water partition coefficient (Wildman–Crippen LogP) is 0.554. The Kier molecular flexibility index (Phi) is 5.22. The van der Waals surface area contributed by atoms with E-state index in [4.69, 9.17) is 9.84 Å². The van der Waals surface area contributed by atoms with Crippen LogP contribution >= 0.6 is 0 Å². The second-order valence-electron chi connectivity index (χ2n) is 5.33. The van der Waals surface area contributed by atoms with Crippen molar-refractivity contribution < 1.29 is 9.84 Å².